The number of rotatable bonds is 1. The lowest BCUT2D eigenvalue weighted by Gasteiger charge is -2.01. The Morgan fingerprint density at radius 3 is 2.37 bits per heavy atom. The van der Waals surface area contributed by atoms with Crippen LogP contribution in [0.4, 0.5) is 8.78 Å². The average molecular weight is 258 g/mol. The van der Waals surface area contributed by atoms with Crippen LogP contribution in [0.3, 0.4) is 0 Å². The van der Waals surface area contributed by atoms with E-state index in [1.165, 1.54) is 6.07 Å². The van der Waals surface area contributed by atoms with Crippen LogP contribution in [-0.4, -0.2) is 9.97 Å². The number of nitrogens with zero attached hydrogens (tertiary/aromatic N) is 1. The number of aryl methyl sites for hydroxylation is 2. The predicted molar refractivity (Wildman–Crippen MR) is 70.9 cm³/mol. The minimum Gasteiger partial charge on any atom is -0.338 e. The van der Waals surface area contributed by atoms with Gasteiger partial charge in [0.05, 0.1) is 5.52 Å². The normalized spacial score (nSPS) is 11.2. The van der Waals surface area contributed by atoms with Crippen LogP contribution in [0, 0.1) is 25.5 Å². The van der Waals surface area contributed by atoms with Crippen LogP contribution in [0.5, 0.6) is 0 Å². The minimum atomic E-state index is -0.913. The zero-order valence-corrected chi connectivity index (χ0v) is 10.6. The molecule has 0 unspecified atom stereocenters. The topological polar surface area (TPSA) is 28.7 Å². The van der Waals surface area contributed by atoms with Crippen molar-refractivity contribution in [1.82, 2.24) is 9.97 Å². The van der Waals surface area contributed by atoms with Gasteiger partial charge in [0.15, 0.2) is 11.6 Å². The predicted octanol–water partition coefficient (Wildman–Crippen LogP) is 4.12. The second kappa shape index (κ2) is 4.16. The maximum Gasteiger partial charge on any atom is 0.186 e. The van der Waals surface area contributed by atoms with Gasteiger partial charge in [-0.15, -0.1) is 0 Å². The van der Waals surface area contributed by atoms with E-state index in [2.05, 4.69) is 9.97 Å². The van der Waals surface area contributed by atoms with Crippen LogP contribution in [0.1, 0.15) is 11.1 Å². The lowest BCUT2D eigenvalue weighted by Crippen LogP contribution is -1.85. The van der Waals surface area contributed by atoms with Crippen LogP contribution >= 0.6 is 0 Å². The monoisotopic (exact) mass is 258 g/mol. The molecule has 2 aromatic carbocycles. The molecule has 1 N–H and O–H groups in total. The van der Waals surface area contributed by atoms with Crippen molar-refractivity contribution in [3.8, 4) is 11.4 Å². The highest BCUT2D eigenvalue weighted by molar-refractivity contribution is 5.80. The van der Waals surface area contributed by atoms with E-state index >= 15 is 0 Å². The van der Waals surface area contributed by atoms with E-state index in [0.29, 0.717) is 11.3 Å². The number of nitrogens with one attached hydrogen (secondary N) is 1. The molecule has 0 saturated heterocycles. The number of hydrogen-bond acceptors (Lipinski definition) is 1. The summed E-state index contributed by atoms with van der Waals surface area (Å²) in [7, 11) is 0. The molecular weight excluding hydrogens is 246 g/mol. The summed E-state index contributed by atoms with van der Waals surface area (Å²) in [5.74, 6) is -1.25. The number of aromatic nitrogens is 2. The molecule has 96 valence electrons. The van der Waals surface area contributed by atoms with Crippen LogP contribution in [-0.2, 0) is 0 Å². The molecule has 19 heavy (non-hydrogen) atoms. The van der Waals surface area contributed by atoms with Crippen LogP contribution in [0.2, 0.25) is 0 Å². The Kier molecular flexibility index (Phi) is 2.59. The van der Waals surface area contributed by atoms with Crippen molar-refractivity contribution >= 4 is 11.0 Å². The molecule has 0 radical (unpaired) electrons. The summed E-state index contributed by atoms with van der Waals surface area (Å²) in [6.07, 6.45) is 0. The lowest BCUT2D eigenvalue weighted by atomic mass is 10.1. The zero-order chi connectivity index (χ0) is 13.6. The molecular formula is C15H12F2N2. The van der Waals surface area contributed by atoms with Crippen molar-refractivity contribution in [2.24, 2.45) is 0 Å². The van der Waals surface area contributed by atoms with E-state index in [-0.39, 0.29) is 5.52 Å². The first kappa shape index (κ1) is 11.8. The van der Waals surface area contributed by atoms with E-state index < -0.39 is 11.6 Å². The summed E-state index contributed by atoms with van der Waals surface area (Å²) >= 11 is 0. The fourth-order valence-corrected chi connectivity index (χ4v) is 2.27. The number of hydrogen-bond donors (Lipinski definition) is 1. The van der Waals surface area contributed by atoms with Crippen molar-refractivity contribution in [1.29, 1.82) is 0 Å². The largest absolute Gasteiger partial charge is 0.338 e. The van der Waals surface area contributed by atoms with Gasteiger partial charge in [0.2, 0.25) is 0 Å². The summed E-state index contributed by atoms with van der Waals surface area (Å²) in [4.78, 5) is 7.17. The van der Waals surface area contributed by atoms with Crippen LogP contribution in [0.25, 0.3) is 22.4 Å². The molecule has 0 fully saturated rings. The summed E-state index contributed by atoms with van der Waals surface area (Å²) < 4.78 is 26.8. The Hall–Kier alpha value is -2.23. The first-order valence-electron chi connectivity index (χ1n) is 5.97. The Bertz CT molecular complexity index is 755. The van der Waals surface area contributed by atoms with Crippen molar-refractivity contribution in [3.63, 3.8) is 0 Å². The van der Waals surface area contributed by atoms with E-state index in [4.69, 9.17) is 0 Å². The van der Waals surface area contributed by atoms with Crippen molar-refractivity contribution < 1.29 is 8.78 Å². The molecule has 2 nitrogen and oxygen atoms in total. The van der Waals surface area contributed by atoms with E-state index in [1.54, 1.807) is 0 Å². The van der Waals surface area contributed by atoms with Crippen LogP contribution in [0.15, 0.2) is 30.3 Å². The van der Waals surface area contributed by atoms with E-state index in [1.807, 2.05) is 32.0 Å². The Balaban J connectivity index is 2.23. The first-order valence-corrected chi connectivity index (χ1v) is 5.97. The van der Waals surface area contributed by atoms with Gasteiger partial charge in [0.25, 0.3) is 0 Å². The van der Waals surface area contributed by atoms with Gasteiger partial charge in [0, 0.05) is 5.56 Å². The van der Waals surface area contributed by atoms with Gasteiger partial charge in [-0.1, -0.05) is 17.2 Å². The molecule has 0 aliphatic carbocycles. The number of fused-ring (bicyclic) bond motifs is 1. The van der Waals surface area contributed by atoms with E-state index in [0.717, 1.165) is 22.8 Å². The lowest BCUT2D eigenvalue weighted by molar-refractivity contribution is 0.515. The molecule has 0 aliphatic rings. The number of H-pyrrole nitrogens is 1. The molecule has 0 aliphatic heterocycles. The molecule has 1 aromatic heterocycles. The Labute approximate surface area is 109 Å². The Morgan fingerprint density at radius 1 is 1.00 bits per heavy atom. The third-order valence-corrected chi connectivity index (χ3v) is 3.04. The fraction of sp³-hybridized carbons (Fsp3) is 0.133. The number of halogens is 2. The average Bonchev–Trinajstić information content (AvgIpc) is 2.77. The quantitative estimate of drug-likeness (QED) is 0.698. The third-order valence-electron chi connectivity index (χ3n) is 3.04. The highest BCUT2D eigenvalue weighted by atomic mass is 19.2. The SMILES string of the molecule is Cc1cc(C)cc(-c2nc3c(F)c(F)ccc3[nH]2)c1. The highest BCUT2D eigenvalue weighted by Crippen LogP contribution is 2.25. The Morgan fingerprint density at radius 2 is 1.68 bits per heavy atom. The number of imidazole rings is 1. The molecule has 0 bridgehead atoms. The second-order valence-corrected chi connectivity index (χ2v) is 4.72. The minimum absolute atomic E-state index is 0.0363. The molecule has 3 rings (SSSR count). The van der Waals surface area contributed by atoms with Gasteiger partial charge >= 0.3 is 0 Å². The fourth-order valence-electron chi connectivity index (χ4n) is 2.27. The molecule has 0 spiro atoms. The van der Waals surface area contributed by atoms with Gasteiger partial charge in [0.1, 0.15) is 11.3 Å². The maximum atomic E-state index is 13.6. The second-order valence-electron chi connectivity index (χ2n) is 4.72. The standard InChI is InChI=1S/C15H12F2N2/c1-8-5-9(2)7-10(6-8)15-18-12-4-3-11(16)13(17)14(12)19-15/h3-7H,1-2H3,(H,18,19). The summed E-state index contributed by atoms with van der Waals surface area (Å²) in [6.45, 7) is 3.97. The summed E-state index contributed by atoms with van der Waals surface area (Å²) in [5.41, 5.74) is 3.60. The van der Waals surface area contributed by atoms with E-state index in [9.17, 15) is 8.78 Å². The molecule has 0 amide bonds. The number of aromatic amines is 1. The van der Waals surface area contributed by atoms with Gasteiger partial charge in [-0.2, -0.15) is 0 Å². The molecule has 3 aromatic rings. The molecule has 0 saturated carbocycles. The first-order chi connectivity index (χ1) is 9.04. The van der Waals surface area contributed by atoms with Crippen molar-refractivity contribution in [2.45, 2.75) is 13.8 Å². The molecule has 1 heterocycles. The smallest absolute Gasteiger partial charge is 0.186 e. The summed E-state index contributed by atoms with van der Waals surface area (Å²) in [5, 5.41) is 0. The molecule has 4 heteroatoms. The van der Waals surface area contributed by atoms with Gasteiger partial charge in [-0.3, -0.25) is 0 Å². The van der Waals surface area contributed by atoms with Crippen molar-refractivity contribution in [3.05, 3.63) is 53.1 Å². The van der Waals surface area contributed by atoms with Gasteiger partial charge in [-0.05, 0) is 38.1 Å². The maximum absolute atomic E-state index is 13.6. The highest BCUT2D eigenvalue weighted by Gasteiger charge is 2.13. The number of benzene rings is 2. The van der Waals surface area contributed by atoms with Gasteiger partial charge < -0.3 is 4.98 Å². The molecule has 0 atom stereocenters. The van der Waals surface area contributed by atoms with Gasteiger partial charge in [-0.25, -0.2) is 13.8 Å². The van der Waals surface area contributed by atoms with Crippen LogP contribution < -0.4 is 0 Å². The van der Waals surface area contributed by atoms with Crippen molar-refractivity contribution in [2.75, 3.05) is 0 Å². The third kappa shape index (κ3) is 1.99. The zero-order valence-electron chi connectivity index (χ0n) is 10.6. The summed E-state index contributed by atoms with van der Waals surface area (Å²) in [6, 6.07) is 8.55.